The van der Waals surface area contributed by atoms with Crippen LogP contribution in [0.25, 0.3) is 0 Å². The summed E-state index contributed by atoms with van der Waals surface area (Å²) < 4.78 is 9.79. The van der Waals surface area contributed by atoms with Crippen LogP contribution in [0.5, 0.6) is 11.8 Å². The van der Waals surface area contributed by atoms with Crippen LogP contribution >= 0.6 is 0 Å². The molecule has 1 amide bonds. The predicted octanol–water partition coefficient (Wildman–Crippen LogP) is 1.48. The summed E-state index contributed by atoms with van der Waals surface area (Å²) in [7, 11) is 2.94. The Morgan fingerprint density at radius 1 is 1.19 bits per heavy atom. The van der Waals surface area contributed by atoms with E-state index in [9.17, 15) is 4.79 Å². The van der Waals surface area contributed by atoms with E-state index in [1.165, 1.54) is 27.2 Å². The zero-order valence-corrected chi connectivity index (χ0v) is 10.2. The number of nitrogens with zero attached hydrogens (tertiary/aromatic N) is 2. The van der Waals surface area contributed by atoms with Crippen LogP contribution in [0, 0.1) is 0 Å². The van der Waals surface area contributed by atoms with Crippen molar-refractivity contribution in [3.05, 3.63) is 6.07 Å². The van der Waals surface area contributed by atoms with Crippen molar-refractivity contribution in [3.8, 4) is 11.8 Å². The molecule has 0 bridgehead atoms. The number of carbonyl (C=O) groups is 1. The van der Waals surface area contributed by atoms with Gasteiger partial charge in [0.15, 0.2) is 0 Å². The van der Waals surface area contributed by atoms with Crippen LogP contribution in [0.1, 0.15) is 20.8 Å². The van der Waals surface area contributed by atoms with E-state index in [4.69, 9.17) is 9.47 Å². The van der Waals surface area contributed by atoms with Gasteiger partial charge in [-0.1, -0.05) is 13.8 Å². The highest BCUT2D eigenvalue weighted by atomic mass is 16.5. The molecule has 0 radical (unpaired) electrons. The number of nitrogens with one attached hydrogen (secondary N) is 1. The van der Waals surface area contributed by atoms with Crippen molar-refractivity contribution in [1.29, 1.82) is 0 Å². The Labute approximate surface area is 95.0 Å². The lowest BCUT2D eigenvalue weighted by Gasteiger charge is -2.05. The third kappa shape index (κ3) is 4.59. The van der Waals surface area contributed by atoms with Gasteiger partial charge >= 0.3 is 0 Å². The van der Waals surface area contributed by atoms with Crippen LogP contribution in [0.3, 0.4) is 0 Å². The molecule has 0 aliphatic rings. The molecule has 0 unspecified atom stereocenters. The van der Waals surface area contributed by atoms with Crippen LogP contribution in [-0.4, -0.2) is 30.1 Å². The maximum atomic E-state index is 10.7. The number of rotatable bonds is 3. The number of ether oxygens (including phenoxy) is 2. The summed E-state index contributed by atoms with van der Waals surface area (Å²) in [5, 5.41) is 2.43. The summed E-state index contributed by atoms with van der Waals surface area (Å²) in [5.41, 5.74) is 0. The fourth-order valence-corrected chi connectivity index (χ4v) is 0.826. The largest absolute Gasteiger partial charge is 0.481 e. The topological polar surface area (TPSA) is 73.3 Å². The summed E-state index contributed by atoms with van der Waals surface area (Å²) in [5.74, 6) is 0.579. The molecule has 1 N–H and O–H groups in total. The Morgan fingerprint density at radius 3 is 1.94 bits per heavy atom. The van der Waals surface area contributed by atoms with E-state index in [0.717, 1.165) is 0 Å². The summed E-state index contributed by atoms with van der Waals surface area (Å²) in [4.78, 5) is 18.5. The molecule has 6 nitrogen and oxygen atoms in total. The van der Waals surface area contributed by atoms with E-state index in [1.54, 1.807) is 0 Å². The van der Waals surface area contributed by atoms with Gasteiger partial charge < -0.3 is 9.47 Å². The maximum Gasteiger partial charge on any atom is 0.236 e. The van der Waals surface area contributed by atoms with E-state index in [-0.39, 0.29) is 11.9 Å². The molecule has 90 valence electrons. The zero-order chi connectivity index (χ0) is 12.6. The average Bonchev–Trinajstić information content (AvgIpc) is 2.30. The molecule has 0 atom stereocenters. The molecule has 0 saturated heterocycles. The van der Waals surface area contributed by atoms with Crippen molar-refractivity contribution in [2.24, 2.45) is 0 Å². The Hall–Kier alpha value is -1.85. The van der Waals surface area contributed by atoms with Crippen molar-refractivity contribution in [2.45, 2.75) is 20.8 Å². The molecule has 1 heterocycles. The molecule has 0 spiro atoms. The molecule has 0 aromatic carbocycles. The van der Waals surface area contributed by atoms with Crippen molar-refractivity contribution in [2.75, 3.05) is 19.5 Å². The van der Waals surface area contributed by atoms with Gasteiger partial charge in [-0.15, -0.1) is 0 Å². The van der Waals surface area contributed by atoms with E-state index >= 15 is 0 Å². The van der Waals surface area contributed by atoms with Gasteiger partial charge in [0, 0.05) is 6.92 Å². The SMILES string of the molecule is CC.COc1cc(OC)nc(NC(C)=O)n1. The number of aromatic nitrogens is 2. The minimum absolute atomic E-state index is 0.161. The standard InChI is InChI=1S/C8H11N3O3.C2H6/c1-5(12)9-8-10-6(13-2)4-7(11-8)14-3;1-2/h4H,1-3H3,(H,9,10,11,12);1-2H3. The molecular weight excluding hydrogens is 210 g/mol. The molecule has 0 aliphatic carbocycles. The van der Waals surface area contributed by atoms with Crippen LogP contribution in [-0.2, 0) is 4.79 Å². The second-order valence-electron chi connectivity index (χ2n) is 2.46. The van der Waals surface area contributed by atoms with Crippen molar-refractivity contribution < 1.29 is 14.3 Å². The average molecular weight is 227 g/mol. The van der Waals surface area contributed by atoms with Gasteiger partial charge in [0.2, 0.25) is 23.6 Å². The van der Waals surface area contributed by atoms with Crippen LogP contribution in [0.2, 0.25) is 0 Å². The quantitative estimate of drug-likeness (QED) is 0.846. The van der Waals surface area contributed by atoms with Gasteiger partial charge in [-0.3, -0.25) is 10.1 Å². The lowest BCUT2D eigenvalue weighted by atomic mass is 10.6. The van der Waals surface area contributed by atoms with E-state index in [2.05, 4.69) is 15.3 Å². The maximum absolute atomic E-state index is 10.7. The normalized spacial score (nSPS) is 8.56. The fourth-order valence-electron chi connectivity index (χ4n) is 0.826. The van der Waals surface area contributed by atoms with Crippen LogP contribution in [0.4, 0.5) is 5.95 Å². The van der Waals surface area contributed by atoms with Gasteiger partial charge in [0.1, 0.15) is 0 Å². The van der Waals surface area contributed by atoms with E-state index in [1.807, 2.05) is 13.8 Å². The first-order valence-electron chi connectivity index (χ1n) is 4.90. The van der Waals surface area contributed by atoms with Gasteiger partial charge in [-0.25, -0.2) is 0 Å². The number of hydrogen-bond acceptors (Lipinski definition) is 5. The highest BCUT2D eigenvalue weighted by Crippen LogP contribution is 2.16. The number of anilines is 1. The molecular formula is C10H17N3O3. The molecule has 1 aromatic rings. The summed E-state index contributed by atoms with van der Waals surface area (Å²) in [6.45, 7) is 5.37. The van der Waals surface area contributed by atoms with E-state index < -0.39 is 0 Å². The molecule has 1 rings (SSSR count). The second kappa shape index (κ2) is 7.44. The molecule has 0 aliphatic heterocycles. The molecule has 1 aromatic heterocycles. The number of carbonyl (C=O) groups excluding carboxylic acids is 1. The predicted molar refractivity (Wildman–Crippen MR) is 60.8 cm³/mol. The van der Waals surface area contributed by atoms with Gasteiger partial charge in [0.05, 0.1) is 20.3 Å². The van der Waals surface area contributed by atoms with Gasteiger partial charge in [0.25, 0.3) is 0 Å². The minimum atomic E-state index is -0.250. The first kappa shape index (κ1) is 14.2. The number of amides is 1. The van der Waals surface area contributed by atoms with Crippen LogP contribution in [0.15, 0.2) is 6.07 Å². The minimum Gasteiger partial charge on any atom is -0.481 e. The first-order valence-corrected chi connectivity index (χ1v) is 4.90. The molecule has 16 heavy (non-hydrogen) atoms. The fraction of sp³-hybridized carbons (Fsp3) is 0.500. The third-order valence-corrected chi connectivity index (χ3v) is 1.39. The smallest absolute Gasteiger partial charge is 0.236 e. The lowest BCUT2D eigenvalue weighted by Crippen LogP contribution is -2.10. The third-order valence-electron chi connectivity index (χ3n) is 1.39. The molecule has 0 fully saturated rings. The first-order chi connectivity index (χ1) is 7.65. The number of methoxy groups -OCH3 is 2. The molecule has 0 saturated carbocycles. The number of hydrogen-bond donors (Lipinski definition) is 1. The lowest BCUT2D eigenvalue weighted by molar-refractivity contribution is -0.114. The highest BCUT2D eigenvalue weighted by molar-refractivity contribution is 5.86. The van der Waals surface area contributed by atoms with Crippen molar-refractivity contribution in [1.82, 2.24) is 9.97 Å². The van der Waals surface area contributed by atoms with Crippen LogP contribution < -0.4 is 14.8 Å². The second-order valence-corrected chi connectivity index (χ2v) is 2.46. The van der Waals surface area contributed by atoms with Crippen molar-refractivity contribution in [3.63, 3.8) is 0 Å². The molecule has 6 heteroatoms. The summed E-state index contributed by atoms with van der Waals surface area (Å²) in [6, 6.07) is 1.52. The van der Waals surface area contributed by atoms with Crippen molar-refractivity contribution >= 4 is 11.9 Å². The monoisotopic (exact) mass is 227 g/mol. The van der Waals surface area contributed by atoms with Gasteiger partial charge in [-0.2, -0.15) is 9.97 Å². The van der Waals surface area contributed by atoms with E-state index in [0.29, 0.717) is 11.8 Å². The van der Waals surface area contributed by atoms with Gasteiger partial charge in [-0.05, 0) is 0 Å². The Bertz CT molecular complexity index is 320. The highest BCUT2D eigenvalue weighted by Gasteiger charge is 2.05. The zero-order valence-electron chi connectivity index (χ0n) is 10.2. The summed E-state index contributed by atoms with van der Waals surface area (Å²) in [6.07, 6.45) is 0. The Balaban J connectivity index is 0.00000106. The summed E-state index contributed by atoms with van der Waals surface area (Å²) >= 11 is 0. The Morgan fingerprint density at radius 2 is 1.62 bits per heavy atom. The Kier molecular flexibility index (Phi) is 6.58.